The van der Waals surface area contributed by atoms with Crippen molar-refractivity contribution >= 4 is 5.78 Å². The Bertz CT molecular complexity index is 600. The summed E-state index contributed by atoms with van der Waals surface area (Å²) in [5.74, 6) is 0.776. The molecule has 0 amide bonds. The molecule has 0 atom stereocenters. The van der Waals surface area contributed by atoms with Crippen molar-refractivity contribution in [3.63, 3.8) is 0 Å². The van der Waals surface area contributed by atoms with Gasteiger partial charge < -0.3 is 4.74 Å². The minimum Gasteiger partial charge on any atom is -0.490 e. The first-order valence-corrected chi connectivity index (χ1v) is 6.46. The van der Waals surface area contributed by atoms with Crippen LogP contribution >= 0.6 is 0 Å². The Morgan fingerprint density at radius 2 is 1.95 bits per heavy atom. The number of benzene rings is 1. The van der Waals surface area contributed by atoms with E-state index in [0.717, 1.165) is 24.2 Å². The predicted molar refractivity (Wildman–Crippen MR) is 72.5 cm³/mol. The lowest BCUT2D eigenvalue weighted by Gasteiger charge is -2.05. The van der Waals surface area contributed by atoms with Gasteiger partial charge in [0.15, 0.2) is 0 Å². The third-order valence-electron chi connectivity index (χ3n) is 3.09. The molecule has 0 N–H and O–H groups in total. The molecule has 0 aliphatic heterocycles. The van der Waals surface area contributed by atoms with Crippen molar-refractivity contribution in [3.8, 4) is 5.75 Å². The van der Waals surface area contributed by atoms with Crippen LogP contribution in [0.5, 0.6) is 5.75 Å². The molecule has 0 unspecified atom stereocenters. The predicted octanol–water partition coefficient (Wildman–Crippen LogP) is 3.16. The van der Waals surface area contributed by atoms with Gasteiger partial charge in [0.05, 0.1) is 6.10 Å². The van der Waals surface area contributed by atoms with E-state index in [2.05, 4.69) is 4.98 Å². The second-order valence-corrected chi connectivity index (χ2v) is 4.89. The molecular formula is C16H15NO2. The van der Waals surface area contributed by atoms with Crippen molar-refractivity contribution in [1.82, 2.24) is 4.98 Å². The lowest BCUT2D eigenvalue weighted by molar-refractivity contribution is 0.103. The number of hydrogen-bond donors (Lipinski definition) is 0. The summed E-state index contributed by atoms with van der Waals surface area (Å²) in [5.41, 5.74) is 2.16. The molecule has 3 rings (SSSR count). The lowest BCUT2D eigenvalue weighted by atomic mass is 10.1. The normalized spacial score (nSPS) is 14.2. The van der Waals surface area contributed by atoms with E-state index < -0.39 is 0 Å². The zero-order valence-corrected chi connectivity index (χ0v) is 10.8. The zero-order valence-electron chi connectivity index (χ0n) is 10.8. The van der Waals surface area contributed by atoms with E-state index in [4.69, 9.17) is 4.74 Å². The molecule has 0 spiro atoms. The molecule has 1 aromatic carbocycles. The minimum absolute atomic E-state index is 0.0540. The molecule has 1 aromatic heterocycles. The molecule has 0 bridgehead atoms. The summed E-state index contributed by atoms with van der Waals surface area (Å²) >= 11 is 0. The fourth-order valence-electron chi connectivity index (χ4n) is 1.87. The first-order chi connectivity index (χ1) is 9.22. The van der Waals surface area contributed by atoms with Gasteiger partial charge in [0.1, 0.15) is 11.4 Å². The van der Waals surface area contributed by atoms with Gasteiger partial charge in [-0.25, -0.2) is 0 Å². The maximum Gasteiger partial charge on any atom is 0.211 e. The number of carbonyl (C=O) groups is 1. The van der Waals surface area contributed by atoms with E-state index in [0.29, 0.717) is 17.4 Å². The van der Waals surface area contributed by atoms with Crippen LogP contribution in [0.2, 0.25) is 0 Å². The fraction of sp³-hybridized carbons (Fsp3) is 0.250. The first kappa shape index (κ1) is 11.9. The second kappa shape index (κ2) is 4.84. The third-order valence-corrected chi connectivity index (χ3v) is 3.09. The Labute approximate surface area is 112 Å². The maximum absolute atomic E-state index is 12.2. The average Bonchev–Trinajstić information content (AvgIpc) is 3.23. The van der Waals surface area contributed by atoms with Gasteiger partial charge in [-0.3, -0.25) is 9.78 Å². The highest BCUT2D eigenvalue weighted by molar-refractivity contribution is 6.07. The van der Waals surface area contributed by atoms with Gasteiger partial charge in [-0.05, 0) is 61.7 Å². The van der Waals surface area contributed by atoms with Crippen LogP contribution in [0.4, 0.5) is 0 Å². The number of aryl methyl sites for hydroxylation is 1. The first-order valence-electron chi connectivity index (χ1n) is 6.46. The van der Waals surface area contributed by atoms with Gasteiger partial charge in [-0.2, -0.15) is 0 Å². The maximum atomic E-state index is 12.2. The van der Waals surface area contributed by atoms with E-state index in [9.17, 15) is 4.79 Å². The molecule has 2 aromatic rings. The molecule has 96 valence electrons. The van der Waals surface area contributed by atoms with Crippen molar-refractivity contribution in [2.75, 3.05) is 0 Å². The average molecular weight is 253 g/mol. The minimum atomic E-state index is -0.0540. The van der Waals surface area contributed by atoms with Crippen LogP contribution < -0.4 is 4.74 Å². The Balaban J connectivity index is 1.79. The van der Waals surface area contributed by atoms with Crippen molar-refractivity contribution in [2.45, 2.75) is 25.9 Å². The van der Waals surface area contributed by atoms with Crippen LogP contribution in [0, 0.1) is 6.92 Å². The highest BCUT2D eigenvalue weighted by Gasteiger charge is 2.23. The number of rotatable bonds is 4. The molecule has 3 heteroatoms. The number of pyridine rings is 1. The highest BCUT2D eigenvalue weighted by Crippen LogP contribution is 2.26. The Morgan fingerprint density at radius 1 is 1.21 bits per heavy atom. The molecule has 1 saturated carbocycles. The van der Waals surface area contributed by atoms with Crippen LogP contribution in [-0.2, 0) is 0 Å². The standard InChI is InChI=1S/C16H15NO2/c1-11-8-9-17-15(10-11)16(18)12-2-4-13(5-3-12)19-14-6-7-14/h2-5,8-10,14H,6-7H2,1H3. The number of nitrogens with zero attached hydrogens (tertiary/aromatic N) is 1. The van der Waals surface area contributed by atoms with Gasteiger partial charge in [-0.1, -0.05) is 0 Å². The number of ketones is 1. The Morgan fingerprint density at radius 3 is 2.58 bits per heavy atom. The molecule has 3 nitrogen and oxygen atoms in total. The molecular weight excluding hydrogens is 238 g/mol. The monoisotopic (exact) mass is 253 g/mol. The summed E-state index contributed by atoms with van der Waals surface area (Å²) in [4.78, 5) is 16.4. The van der Waals surface area contributed by atoms with Crippen molar-refractivity contribution in [3.05, 3.63) is 59.4 Å². The van der Waals surface area contributed by atoms with Gasteiger partial charge in [0.25, 0.3) is 0 Å². The van der Waals surface area contributed by atoms with Crippen LogP contribution in [0.25, 0.3) is 0 Å². The van der Waals surface area contributed by atoms with Crippen LogP contribution in [0.15, 0.2) is 42.6 Å². The quantitative estimate of drug-likeness (QED) is 0.786. The molecule has 0 saturated heterocycles. The highest BCUT2D eigenvalue weighted by atomic mass is 16.5. The summed E-state index contributed by atoms with van der Waals surface area (Å²) in [7, 11) is 0. The SMILES string of the molecule is Cc1ccnc(C(=O)c2ccc(OC3CC3)cc2)c1. The summed E-state index contributed by atoms with van der Waals surface area (Å²) in [6, 6.07) is 11.0. The summed E-state index contributed by atoms with van der Waals surface area (Å²) < 4.78 is 5.66. The summed E-state index contributed by atoms with van der Waals surface area (Å²) in [5, 5.41) is 0. The molecule has 1 aliphatic rings. The lowest BCUT2D eigenvalue weighted by Crippen LogP contribution is -2.04. The van der Waals surface area contributed by atoms with Crippen LogP contribution in [-0.4, -0.2) is 16.9 Å². The smallest absolute Gasteiger partial charge is 0.211 e. The molecule has 1 heterocycles. The number of carbonyl (C=O) groups excluding carboxylic acids is 1. The van der Waals surface area contributed by atoms with Crippen molar-refractivity contribution in [2.24, 2.45) is 0 Å². The van der Waals surface area contributed by atoms with Crippen molar-refractivity contribution in [1.29, 1.82) is 0 Å². The van der Waals surface area contributed by atoms with E-state index >= 15 is 0 Å². The van der Waals surface area contributed by atoms with Gasteiger partial charge in [-0.15, -0.1) is 0 Å². The Hall–Kier alpha value is -2.16. The Kier molecular flexibility index (Phi) is 3.03. The van der Waals surface area contributed by atoms with E-state index in [1.807, 2.05) is 25.1 Å². The van der Waals surface area contributed by atoms with E-state index in [1.54, 1.807) is 24.4 Å². The second-order valence-electron chi connectivity index (χ2n) is 4.89. The van der Waals surface area contributed by atoms with Gasteiger partial charge in [0, 0.05) is 11.8 Å². The van der Waals surface area contributed by atoms with Crippen molar-refractivity contribution < 1.29 is 9.53 Å². The van der Waals surface area contributed by atoms with Crippen LogP contribution in [0.3, 0.4) is 0 Å². The van der Waals surface area contributed by atoms with Gasteiger partial charge in [0.2, 0.25) is 5.78 Å². The van der Waals surface area contributed by atoms with Gasteiger partial charge >= 0.3 is 0 Å². The molecule has 1 fully saturated rings. The topological polar surface area (TPSA) is 39.2 Å². The summed E-state index contributed by atoms with van der Waals surface area (Å²) in [6.45, 7) is 1.95. The molecule has 19 heavy (non-hydrogen) atoms. The van der Waals surface area contributed by atoms with E-state index in [1.165, 1.54) is 0 Å². The number of aromatic nitrogens is 1. The van der Waals surface area contributed by atoms with E-state index in [-0.39, 0.29) is 5.78 Å². The zero-order chi connectivity index (χ0) is 13.2. The number of ether oxygens (including phenoxy) is 1. The largest absolute Gasteiger partial charge is 0.490 e. The summed E-state index contributed by atoms with van der Waals surface area (Å²) in [6.07, 6.45) is 4.30. The molecule has 0 radical (unpaired) electrons. The van der Waals surface area contributed by atoms with Crippen LogP contribution in [0.1, 0.15) is 34.5 Å². The molecule has 1 aliphatic carbocycles. The fourth-order valence-corrected chi connectivity index (χ4v) is 1.87. The third kappa shape index (κ3) is 2.81. The number of hydrogen-bond acceptors (Lipinski definition) is 3.